The minimum absolute atomic E-state index is 0.385. The summed E-state index contributed by atoms with van der Waals surface area (Å²) in [6.07, 6.45) is 1.14. The molecule has 17 heavy (non-hydrogen) atoms. The van der Waals surface area contributed by atoms with Gasteiger partial charge < -0.3 is 10.6 Å². The molecule has 0 aliphatic rings. The standard InChI is InChI=1S/C15H20N2/c1-17(2)11-10-15(16)14-9-5-7-12-6-3-4-8-13(12)14/h3-9,15H,10-11,16H2,1-2H3/p+2/t15-/m0/s1. The predicted molar refractivity (Wildman–Crippen MR) is 71.9 cm³/mol. The third-order valence-electron chi connectivity index (χ3n) is 3.26. The summed E-state index contributed by atoms with van der Waals surface area (Å²) in [5, 5.41) is 2.67. The van der Waals surface area contributed by atoms with E-state index in [0.29, 0.717) is 6.04 Å². The van der Waals surface area contributed by atoms with Gasteiger partial charge in [-0.05, 0) is 10.8 Å². The van der Waals surface area contributed by atoms with Gasteiger partial charge in [-0.15, -0.1) is 0 Å². The van der Waals surface area contributed by atoms with Crippen molar-refractivity contribution in [1.82, 2.24) is 0 Å². The van der Waals surface area contributed by atoms with E-state index in [2.05, 4.69) is 62.3 Å². The molecule has 0 saturated carbocycles. The second-order valence-corrected chi connectivity index (χ2v) is 5.01. The van der Waals surface area contributed by atoms with Crippen LogP contribution in [0, 0.1) is 0 Å². The van der Waals surface area contributed by atoms with Gasteiger partial charge in [-0.25, -0.2) is 0 Å². The zero-order valence-electron chi connectivity index (χ0n) is 10.7. The SMILES string of the molecule is C[NH+](C)CC[C@H]([NH3+])c1cccc2ccccc12. The lowest BCUT2D eigenvalue weighted by Crippen LogP contribution is -3.05. The van der Waals surface area contributed by atoms with E-state index in [-0.39, 0.29) is 0 Å². The molecule has 4 N–H and O–H groups in total. The average molecular weight is 230 g/mol. The van der Waals surface area contributed by atoms with Crippen molar-refractivity contribution in [1.29, 1.82) is 0 Å². The third-order valence-corrected chi connectivity index (χ3v) is 3.26. The van der Waals surface area contributed by atoms with Crippen LogP contribution in [0.5, 0.6) is 0 Å². The van der Waals surface area contributed by atoms with Gasteiger partial charge in [0.05, 0.1) is 27.1 Å². The van der Waals surface area contributed by atoms with E-state index >= 15 is 0 Å². The lowest BCUT2D eigenvalue weighted by Gasteiger charge is -2.13. The van der Waals surface area contributed by atoms with Crippen LogP contribution >= 0.6 is 0 Å². The van der Waals surface area contributed by atoms with Crippen LogP contribution in [0.1, 0.15) is 18.0 Å². The van der Waals surface area contributed by atoms with Crippen molar-refractivity contribution in [3.63, 3.8) is 0 Å². The van der Waals surface area contributed by atoms with Crippen LogP contribution in [0.25, 0.3) is 10.8 Å². The maximum Gasteiger partial charge on any atom is 0.116 e. The molecule has 0 aliphatic heterocycles. The van der Waals surface area contributed by atoms with Crippen LogP contribution in [0.3, 0.4) is 0 Å². The molecule has 2 rings (SSSR count). The molecular formula is C15H22N2+2. The Labute approximate surface area is 103 Å². The molecule has 0 unspecified atom stereocenters. The average Bonchev–Trinajstić information content (AvgIpc) is 2.35. The molecule has 0 aliphatic carbocycles. The Morgan fingerprint density at radius 2 is 1.76 bits per heavy atom. The third kappa shape index (κ3) is 2.84. The summed E-state index contributed by atoms with van der Waals surface area (Å²) in [5.74, 6) is 0. The van der Waals surface area contributed by atoms with E-state index in [1.54, 1.807) is 0 Å². The highest BCUT2D eigenvalue weighted by atomic mass is 15.0. The Kier molecular flexibility index (Phi) is 3.77. The zero-order valence-corrected chi connectivity index (χ0v) is 10.7. The Bertz CT molecular complexity index is 486. The molecule has 0 fully saturated rings. The maximum atomic E-state index is 4.32. The first-order valence-corrected chi connectivity index (χ1v) is 6.28. The van der Waals surface area contributed by atoms with Gasteiger partial charge in [-0.1, -0.05) is 42.5 Å². The summed E-state index contributed by atoms with van der Waals surface area (Å²) >= 11 is 0. The molecule has 1 atom stereocenters. The first kappa shape index (κ1) is 12.1. The van der Waals surface area contributed by atoms with E-state index in [1.807, 2.05) is 0 Å². The monoisotopic (exact) mass is 230 g/mol. The Morgan fingerprint density at radius 3 is 2.53 bits per heavy atom. The fraction of sp³-hybridized carbons (Fsp3) is 0.333. The lowest BCUT2D eigenvalue weighted by atomic mass is 9.97. The van der Waals surface area contributed by atoms with Crippen molar-refractivity contribution in [2.24, 2.45) is 0 Å². The molecule has 0 spiro atoms. The topological polar surface area (TPSA) is 32.1 Å². The smallest absolute Gasteiger partial charge is 0.116 e. The van der Waals surface area contributed by atoms with Crippen molar-refractivity contribution >= 4 is 10.8 Å². The number of fused-ring (bicyclic) bond motifs is 1. The van der Waals surface area contributed by atoms with Crippen molar-refractivity contribution in [2.75, 3.05) is 20.6 Å². The minimum Gasteiger partial charge on any atom is -0.351 e. The van der Waals surface area contributed by atoms with E-state index < -0.39 is 0 Å². The number of quaternary nitrogens is 2. The molecule has 0 aromatic heterocycles. The normalized spacial score (nSPS) is 13.2. The number of rotatable bonds is 4. The molecule has 90 valence electrons. The van der Waals surface area contributed by atoms with Crippen LogP contribution in [-0.4, -0.2) is 20.6 Å². The van der Waals surface area contributed by atoms with E-state index in [9.17, 15) is 0 Å². The summed E-state index contributed by atoms with van der Waals surface area (Å²) in [7, 11) is 4.38. The molecule has 2 heteroatoms. The van der Waals surface area contributed by atoms with Crippen molar-refractivity contribution < 1.29 is 10.6 Å². The largest absolute Gasteiger partial charge is 0.351 e. The molecule has 2 aromatic rings. The van der Waals surface area contributed by atoms with Crippen LogP contribution in [-0.2, 0) is 0 Å². The van der Waals surface area contributed by atoms with Crippen LogP contribution in [0.4, 0.5) is 0 Å². The van der Waals surface area contributed by atoms with Gasteiger partial charge in [-0.3, -0.25) is 0 Å². The number of nitrogens with one attached hydrogen (secondary N) is 1. The minimum atomic E-state index is 0.385. The second-order valence-electron chi connectivity index (χ2n) is 5.01. The molecule has 2 nitrogen and oxygen atoms in total. The first-order chi connectivity index (χ1) is 8.18. The molecule has 0 radical (unpaired) electrons. The molecule has 2 aromatic carbocycles. The highest BCUT2D eigenvalue weighted by Gasteiger charge is 2.13. The molecule has 0 bridgehead atoms. The molecular weight excluding hydrogens is 208 g/mol. The van der Waals surface area contributed by atoms with Crippen LogP contribution in [0.2, 0.25) is 0 Å². The second kappa shape index (κ2) is 5.30. The van der Waals surface area contributed by atoms with E-state index in [4.69, 9.17) is 0 Å². The summed E-state index contributed by atoms with van der Waals surface area (Å²) in [5.41, 5.74) is 5.70. The fourth-order valence-electron chi connectivity index (χ4n) is 2.22. The molecule has 0 heterocycles. The van der Waals surface area contributed by atoms with Gasteiger partial charge in [0.1, 0.15) is 6.04 Å². The Hall–Kier alpha value is -1.38. The van der Waals surface area contributed by atoms with Crippen molar-refractivity contribution in [2.45, 2.75) is 12.5 Å². The lowest BCUT2D eigenvalue weighted by molar-refractivity contribution is -0.859. The highest BCUT2D eigenvalue weighted by molar-refractivity contribution is 5.85. The van der Waals surface area contributed by atoms with E-state index in [1.165, 1.54) is 21.2 Å². The fourth-order valence-corrected chi connectivity index (χ4v) is 2.22. The predicted octanol–water partition coefficient (Wildman–Crippen LogP) is 0.657. The number of hydrogen-bond acceptors (Lipinski definition) is 0. The summed E-state index contributed by atoms with van der Waals surface area (Å²) in [4.78, 5) is 1.49. The number of hydrogen-bond donors (Lipinski definition) is 2. The molecule has 0 saturated heterocycles. The first-order valence-electron chi connectivity index (χ1n) is 6.28. The highest BCUT2D eigenvalue weighted by Crippen LogP contribution is 2.23. The van der Waals surface area contributed by atoms with Gasteiger partial charge in [-0.2, -0.15) is 0 Å². The quantitative estimate of drug-likeness (QED) is 0.773. The summed E-state index contributed by atoms with van der Waals surface area (Å²) in [6, 6.07) is 15.5. The number of benzene rings is 2. The van der Waals surface area contributed by atoms with Gasteiger partial charge in [0.2, 0.25) is 0 Å². The van der Waals surface area contributed by atoms with Crippen molar-refractivity contribution in [3.05, 3.63) is 48.0 Å². The van der Waals surface area contributed by atoms with Gasteiger partial charge >= 0.3 is 0 Å². The van der Waals surface area contributed by atoms with Gasteiger partial charge in [0.25, 0.3) is 0 Å². The Balaban J connectivity index is 2.28. The van der Waals surface area contributed by atoms with Gasteiger partial charge in [0, 0.05) is 5.56 Å². The zero-order chi connectivity index (χ0) is 12.3. The van der Waals surface area contributed by atoms with E-state index in [0.717, 1.165) is 13.0 Å². The maximum absolute atomic E-state index is 4.32. The summed E-state index contributed by atoms with van der Waals surface area (Å²) < 4.78 is 0. The van der Waals surface area contributed by atoms with Crippen LogP contribution < -0.4 is 10.6 Å². The summed E-state index contributed by atoms with van der Waals surface area (Å²) in [6.45, 7) is 1.16. The molecule has 0 amide bonds. The van der Waals surface area contributed by atoms with Crippen LogP contribution in [0.15, 0.2) is 42.5 Å². The Morgan fingerprint density at radius 1 is 1.06 bits per heavy atom. The van der Waals surface area contributed by atoms with Crippen molar-refractivity contribution in [3.8, 4) is 0 Å². The van der Waals surface area contributed by atoms with Gasteiger partial charge in [0.15, 0.2) is 0 Å².